The summed E-state index contributed by atoms with van der Waals surface area (Å²) in [7, 11) is 0. The first kappa shape index (κ1) is 47.9. The maximum Gasteiger partial charge on any atom is 0.306 e. The van der Waals surface area contributed by atoms with E-state index in [0.717, 1.165) is 64.2 Å². The summed E-state index contributed by atoms with van der Waals surface area (Å²) in [5.74, 6) is -0.622. The molecule has 0 rings (SSSR count). The molecule has 0 radical (unpaired) electrons. The van der Waals surface area contributed by atoms with Crippen LogP contribution in [0.3, 0.4) is 0 Å². The summed E-state index contributed by atoms with van der Waals surface area (Å²) in [4.78, 5) is 24.3. The van der Waals surface area contributed by atoms with Gasteiger partial charge in [0.25, 0.3) is 0 Å². The van der Waals surface area contributed by atoms with E-state index in [4.69, 9.17) is 9.47 Å². The topological polar surface area (TPSA) is 72.8 Å². The van der Waals surface area contributed by atoms with Crippen LogP contribution in [0, 0.1) is 0 Å². The lowest BCUT2D eigenvalue weighted by Gasteiger charge is -2.15. The molecule has 50 heavy (non-hydrogen) atoms. The fourth-order valence-corrected chi connectivity index (χ4v) is 5.89. The van der Waals surface area contributed by atoms with Crippen molar-refractivity contribution in [3.63, 3.8) is 0 Å². The zero-order valence-corrected chi connectivity index (χ0v) is 32.9. The third kappa shape index (κ3) is 38.7. The van der Waals surface area contributed by atoms with Crippen molar-refractivity contribution in [2.75, 3.05) is 13.2 Å². The molecule has 1 N–H and O–H groups in total. The van der Waals surface area contributed by atoms with E-state index >= 15 is 0 Å². The highest BCUT2D eigenvalue weighted by atomic mass is 16.6. The molecule has 0 heterocycles. The molecule has 0 saturated carbocycles. The monoisotopic (exact) mass is 701 g/mol. The predicted octanol–water partition coefficient (Wildman–Crippen LogP) is 13.4. The lowest BCUT2D eigenvalue weighted by Crippen LogP contribution is -2.28. The van der Waals surface area contributed by atoms with Crippen LogP contribution in [0.25, 0.3) is 0 Å². The molecule has 0 fully saturated rings. The van der Waals surface area contributed by atoms with E-state index < -0.39 is 6.10 Å². The number of hydrogen-bond acceptors (Lipinski definition) is 5. The van der Waals surface area contributed by atoms with E-state index in [1.165, 1.54) is 116 Å². The first-order valence-corrected chi connectivity index (χ1v) is 21.2. The number of aliphatic hydroxyl groups is 1. The molecule has 0 unspecified atom stereocenters. The number of aliphatic hydroxyl groups excluding tert-OH is 1. The number of rotatable bonds is 38. The van der Waals surface area contributed by atoms with Gasteiger partial charge in [0.15, 0.2) is 6.10 Å². The number of unbranched alkanes of at least 4 members (excludes halogenated alkanes) is 22. The van der Waals surface area contributed by atoms with Crippen molar-refractivity contribution in [2.45, 2.75) is 213 Å². The van der Waals surface area contributed by atoms with Gasteiger partial charge >= 0.3 is 11.9 Å². The number of esters is 2. The van der Waals surface area contributed by atoms with Crippen molar-refractivity contribution < 1.29 is 24.2 Å². The van der Waals surface area contributed by atoms with Crippen LogP contribution >= 0.6 is 0 Å². The molecule has 1 atom stereocenters. The highest BCUT2D eigenvalue weighted by molar-refractivity contribution is 5.70. The second kappa shape index (κ2) is 41.3. The highest BCUT2D eigenvalue weighted by Crippen LogP contribution is 2.15. The van der Waals surface area contributed by atoms with Gasteiger partial charge < -0.3 is 14.6 Å². The molecule has 0 aromatic rings. The Balaban J connectivity index is 3.60. The molecule has 5 nitrogen and oxygen atoms in total. The molecule has 0 spiro atoms. The Labute approximate surface area is 309 Å². The van der Waals surface area contributed by atoms with Gasteiger partial charge in [-0.1, -0.05) is 184 Å². The predicted molar refractivity (Wildman–Crippen MR) is 214 cm³/mol. The summed E-state index contributed by atoms with van der Waals surface area (Å²) in [5, 5.41) is 9.57. The van der Waals surface area contributed by atoms with Gasteiger partial charge in [0.1, 0.15) is 6.61 Å². The summed E-state index contributed by atoms with van der Waals surface area (Å²) in [6, 6.07) is 0. The van der Waals surface area contributed by atoms with Gasteiger partial charge in [0, 0.05) is 12.8 Å². The van der Waals surface area contributed by atoms with Crippen molar-refractivity contribution in [2.24, 2.45) is 0 Å². The van der Waals surface area contributed by atoms with Gasteiger partial charge in [0.05, 0.1) is 6.61 Å². The Bertz CT molecular complexity index is 842. The largest absolute Gasteiger partial charge is 0.462 e. The molecular formula is C45H80O5. The Morgan fingerprint density at radius 3 is 1.24 bits per heavy atom. The van der Waals surface area contributed by atoms with E-state index in [1.807, 2.05) is 0 Å². The van der Waals surface area contributed by atoms with E-state index in [9.17, 15) is 14.7 Å². The van der Waals surface area contributed by atoms with Crippen LogP contribution in [0.15, 0.2) is 48.6 Å². The first-order chi connectivity index (χ1) is 24.6. The Morgan fingerprint density at radius 2 is 0.800 bits per heavy atom. The highest BCUT2D eigenvalue weighted by Gasteiger charge is 2.16. The van der Waals surface area contributed by atoms with Gasteiger partial charge in [-0.05, 0) is 57.8 Å². The lowest BCUT2D eigenvalue weighted by atomic mass is 10.0. The van der Waals surface area contributed by atoms with Crippen LogP contribution in [-0.2, 0) is 19.1 Å². The van der Waals surface area contributed by atoms with E-state index in [2.05, 4.69) is 62.5 Å². The van der Waals surface area contributed by atoms with Crippen molar-refractivity contribution in [3.05, 3.63) is 48.6 Å². The van der Waals surface area contributed by atoms with Gasteiger partial charge in [-0.2, -0.15) is 0 Å². The van der Waals surface area contributed by atoms with Crippen LogP contribution in [0.2, 0.25) is 0 Å². The van der Waals surface area contributed by atoms with E-state index in [1.54, 1.807) is 0 Å². The lowest BCUT2D eigenvalue weighted by molar-refractivity contribution is -0.161. The minimum Gasteiger partial charge on any atom is -0.462 e. The molecule has 5 heteroatoms. The van der Waals surface area contributed by atoms with Gasteiger partial charge in [0.2, 0.25) is 0 Å². The quantitative estimate of drug-likeness (QED) is 0.0394. The third-order valence-electron chi connectivity index (χ3n) is 9.13. The minimum atomic E-state index is -0.783. The number of hydrogen-bond donors (Lipinski definition) is 1. The zero-order valence-electron chi connectivity index (χ0n) is 32.9. The van der Waals surface area contributed by atoms with Crippen molar-refractivity contribution in [3.8, 4) is 0 Å². The molecule has 290 valence electrons. The van der Waals surface area contributed by atoms with Gasteiger partial charge in [-0.15, -0.1) is 0 Å². The Kier molecular flexibility index (Phi) is 39.5. The number of ether oxygens (including phenoxy) is 2. The van der Waals surface area contributed by atoms with Crippen LogP contribution in [-0.4, -0.2) is 36.4 Å². The second-order valence-electron chi connectivity index (χ2n) is 14.1. The molecule has 0 amide bonds. The van der Waals surface area contributed by atoms with Crippen molar-refractivity contribution in [1.29, 1.82) is 0 Å². The number of carbonyl (C=O) groups excluding carboxylic acids is 2. The fraction of sp³-hybridized carbons (Fsp3) is 0.778. The molecule has 0 aromatic heterocycles. The summed E-state index contributed by atoms with van der Waals surface area (Å²) in [6.07, 6.45) is 51.7. The Morgan fingerprint density at radius 1 is 0.460 bits per heavy atom. The maximum atomic E-state index is 12.2. The van der Waals surface area contributed by atoms with E-state index in [-0.39, 0.29) is 25.2 Å². The molecule has 0 aliphatic rings. The van der Waals surface area contributed by atoms with Crippen LogP contribution < -0.4 is 0 Å². The normalized spacial score (nSPS) is 12.6. The smallest absolute Gasteiger partial charge is 0.306 e. The average molecular weight is 701 g/mol. The van der Waals surface area contributed by atoms with Gasteiger partial charge in [-0.25, -0.2) is 0 Å². The number of allylic oxidation sites excluding steroid dienone is 8. The van der Waals surface area contributed by atoms with Crippen LogP contribution in [0.1, 0.15) is 206 Å². The average Bonchev–Trinajstić information content (AvgIpc) is 3.12. The molecule has 0 bridgehead atoms. The third-order valence-corrected chi connectivity index (χ3v) is 9.13. The van der Waals surface area contributed by atoms with E-state index in [0.29, 0.717) is 12.8 Å². The van der Waals surface area contributed by atoms with Crippen molar-refractivity contribution >= 4 is 11.9 Å². The van der Waals surface area contributed by atoms with Gasteiger partial charge in [-0.3, -0.25) is 9.59 Å². The SMILES string of the molecule is CCCCC/C=C\C/C=C\C/C=C\C/C=C\CCCCCC(=O)OC[C@H](CO)OC(=O)CCCCCCCCCCCCCCCCCCC. The summed E-state index contributed by atoms with van der Waals surface area (Å²) < 4.78 is 10.6. The second-order valence-corrected chi connectivity index (χ2v) is 14.1. The maximum absolute atomic E-state index is 12.2. The summed E-state index contributed by atoms with van der Waals surface area (Å²) in [5.41, 5.74) is 0. The van der Waals surface area contributed by atoms with Crippen LogP contribution in [0.4, 0.5) is 0 Å². The number of carbonyl (C=O) groups is 2. The molecule has 0 aromatic carbocycles. The molecule has 0 aliphatic carbocycles. The standard InChI is InChI=1S/C45H80O5/c1-3-5-7-9-11-13-15-17-19-21-22-24-25-27-29-31-33-35-37-39-44(47)49-42-43(41-46)50-45(48)40-38-36-34-32-30-28-26-23-20-18-16-14-12-10-8-6-4-2/h11,13,17,19,22,24,27,29,43,46H,3-10,12,14-16,18,20-21,23,25-26,28,30-42H2,1-2H3/b13-11-,19-17-,24-22-,29-27-/t43-/m0/s1. The summed E-state index contributed by atoms with van der Waals surface area (Å²) in [6.45, 7) is 4.09. The minimum absolute atomic E-state index is 0.0810. The molecular weight excluding hydrogens is 620 g/mol. The zero-order chi connectivity index (χ0) is 36.4. The van der Waals surface area contributed by atoms with Crippen LogP contribution in [0.5, 0.6) is 0 Å². The molecule has 0 saturated heterocycles. The van der Waals surface area contributed by atoms with Crippen molar-refractivity contribution in [1.82, 2.24) is 0 Å². The Hall–Kier alpha value is -2.14. The first-order valence-electron chi connectivity index (χ1n) is 21.2. The molecule has 0 aliphatic heterocycles. The fourth-order valence-electron chi connectivity index (χ4n) is 5.89. The summed E-state index contributed by atoms with van der Waals surface area (Å²) >= 11 is 0.